The van der Waals surface area contributed by atoms with Gasteiger partial charge in [-0.3, -0.25) is 0 Å². The monoisotopic (exact) mass is 173 g/mol. The summed E-state index contributed by atoms with van der Waals surface area (Å²) in [4.78, 5) is 0. The molecule has 1 rings (SSSR count). The highest BCUT2D eigenvalue weighted by Gasteiger charge is 2.12. The summed E-state index contributed by atoms with van der Waals surface area (Å²) in [6.07, 6.45) is 19.4. The molecule has 0 amide bonds. The van der Waals surface area contributed by atoms with Gasteiger partial charge in [0.25, 0.3) is 0 Å². The normalized spacial score (nSPS) is 20.1. The molecule has 1 fully saturated rings. The Morgan fingerprint density at radius 3 is 2.38 bits per heavy atom. The highest BCUT2D eigenvalue weighted by atomic mass is 16.2. The molecule has 0 aromatic carbocycles. The van der Waals surface area contributed by atoms with Gasteiger partial charge in [0.1, 0.15) is 0 Å². The van der Waals surface area contributed by atoms with Crippen LogP contribution in [0.4, 0.5) is 0 Å². The summed E-state index contributed by atoms with van der Waals surface area (Å²) in [5, 5.41) is 8.43. The highest BCUT2D eigenvalue weighted by molar-refractivity contribution is 5.42. The Balaban J connectivity index is 2.16. The Hall–Kier alpha value is -0.820. The Labute approximate surface area is 80.5 Å². The fourth-order valence-corrected chi connectivity index (χ4v) is 0.934. The smallest absolute Gasteiger partial charge is 0.0615 e. The first-order valence-electron chi connectivity index (χ1n) is 4.26. The van der Waals surface area contributed by atoms with Crippen molar-refractivity contribution in [3.63, 3.8) is 0 Å². The zero-order valence-corrected chi connectivity index (χ0v) is 7.43. The van der Waals surface area contributed by atoms with E-state index in [0.29, 0.717) is 0 Å². The Kier molecular flexibility index (Phi) is 5.27. The van der Waals surface area contributed by atoms with E-state index in [2.05, 4.69) is 0 Å². The molecule has 0 saturated heterocycles. The summed E-state index contributed by atoms with van der Waals surface area (Å²) >= 11 is 0. The van der Waals surface area contributed by atoms with Gasteiger partial charge in [-0.15, -0.1) is 0 Å². The second-order valence-electron chi connectivity index (χ2n) is 2.57. The quantitative estimate of drug-likeness (QED) is 0.645. The van der Waals surface area contributed by atoms with Gasteiger partial charge in [-0.05, 0) is 25.7 Å². The number of hydrogen-bond acceptors (Lipinski definition) is 1. The van der Waals surface area contributed by atoms with Crippen molar-refractivity contribution in [3.05, 3.63) is 68.1 Å². The van der Waals surface area contributed by atoms with Crippen LogP contribution in [-0.4, -0.2) is 11.7 Å². The lowest BCUT2D eigenvalue weighted by atomic mass is 10.1. The average Bonchev–Trinajstić information content (AvgIpc) is 2.63. The summed E-state index contributed by atoms with van der Waals surface area (Å²) in [5.74, 6) is 1.20. The number of rotatable bonds is 4. The lowest BCUT2D eigenvalue weighted by Gasteiger charge is -1.95. The third-order valence-electron chi connectivity index (χ3n) is 1.55. The van der Waals surface area contributed by atoms with Crippen LogP contribution < -0.4 is 0 Å². The van der Waals surface area contributed by atoms with E-state index in [-0.39, 0.29) is 6.61 Å². The molecule has 0 bridgehead atoms. The summed E-state index contributed by atoms with van der Waals surface area (Å²) in [5.41, 5.74) is 0. The first-order valence-corrected chi connectivity index (χ1v) is 4.26. The second-order valence-corrected chi connectivity index (χ2v) is 2.57. The van der Waals surface area contributed by atoms with Gasteiger partial charge < -0.3 is 5.11 Å². The molecule has 0 spiro atoms. The van der Waals surface area contributed by atoms with Gasteiger partial charge in [0.2, 0.25) is 0 Å². The molecular weight excluding hydrogens is 160 g/mol. The molecule has 0 heterocycles. The van der Waals surface area contributed by atoms with Crippen LogP contribution in [-0.2, 0) is 0 Å². The van der Waals surface area contributed by atoms with Crippen molar-refractivity contribution in [1.29, 1.82) is 0 Å². The molecular formula is C12H13O. The molecule has 1 aliphatic rings. The lowest BCUT2D eigenvalue weighted by molar-refractivity contribution is 0.343. The molecule has 1 aliphatic carbocycles. The minimum absolute atomic E-state index is 0.0942. The molecule has 1 heteroatoms. The number of hydrogen-bond donors (Lipinski definition) is 1. The minimum atomic E-state index is 0.0942. The Morgan fingerprint density at radius 2 is 1.69 bits per heavy atom. The van der Waals surface area contributed by atoms with Crippen molar-refractivity contribution in [1.82, 2.24) is 0 Å². The van der Waals surface area contributed by atoms with Crippen LogP contribution in [0.5, 0.6) is 0 Å². The van der Waals surface area contributed by atoms with Gasteiger partial charge in [0.05, 0.1) is 6.61 Å². The standard InChI is InChI=1S/C12H13O/c13-11-7-3-1-2-4-8-12-9-5-6-10-12/h1-10,13H,11H2/b2-1+,7-3+,8-4+. The van der Waals surface area contributed by atoms with Crippen LogP contribution in [0.15, 0.2) is 36.5 Å². The molecule has 1 saturated carbocycles. The van der Waals surface area contributed by atoms with Crippen LogP contribution in [0.3, 0.4) is 0 Å². The SMILES string of the molecule is OC/C=C/C=C/C=C/[C]1[CH][CH][CH][CH]1. The fourth-order valence-electron chi connectivity index (χ4n) is 0.934. The van der Waals surface area contributed by atoms with E-state index in [4.69, 9.17) is 5.11 Å². The largest absolute Gasteiger partial charge is 0.392 e. The van der Waals surface area contributed by atoms with Crippen molar-refractivity contribution in [2.24, 2.45) is 0 Å². The summed E-state index contributed by atoms with van der Waals surface area (Å²) in [7, 11) is 0. The zero-order chi connectivity index (χ0) is 9.36. The van der Waals surface area contributed by atoms with Crippen molar-refractivity contribution in [2.45, 2.75) is 0 Å². The van der Waals surface area contributed by atoms with Crippen LogP contribution in [0.25, 0.3) is 0 Å². The summed E-state index contributed by atoms with van der Waals surface area (Å²) in [6, 6.07) is 0. The molecule has 0 aliphatic heterocycles. The molecule has 0 aromatic heterocycles. The fraction of sp³-hybridized carbons (Fsp3) is 0.0833. The second kappa shape index (κ2) is 6.67. The molecule has 0 aromatic rings. The van der Waals surface area contributed by atoms with E-state index in [9.17, 15) is 0 Å². The van der Waals surface area contributed by atoms with Gasteiger partial charge in [-0.2, -0.15) is 0 Å². The highest BCUT2D eigenvalue weighted by Crippen LogP contribution is 2.23. The van der Waals surface area contributed by atoms with Crippen LogP contribution in [0.1, 0.15) is 0 Å². The van der Waals surface area contributed by atoms with Gasteiger partial charge >= 0.3 is 0 Å². The number of aliphatic hydroxyl groups is 1. The van der Waals surface area contributed by atoms with Crippen molar-refractivity contribution >= 4 is 0 Å². The molecule has 5 radical (unpaired) electrons. The van der Waals surface area contributed by atoms with E-state index in [1.54, 1.807) is 6.08 Å². The van der Waals surface area contributed by atoms with Crippen molar-refractivity contribution < 1.29 is 5.11 Å². The van der Waals surface area contributed by atoms with Crippen molar-refractivity contribution in [2.75, 3.05) is 6.61 Å². The lowest BCUT2D eigenvalue weighted by Crippen LogP contribution is -1.82. The van der Waals surface area contributed by atoms with E-state index < -0.39 is 0 Å². The molecule has 1 N–H and O–H groups in total. The van der Waals surface area contributed by atoms with Gasteiger partial charge in [0.15, 0.2) is 0 Å². The third-order valence-corrected chi connectivity index (χ3v) is 1.55. The van der Waals surface area contributed by atoms with Crippen LogP contribution in [0, 0.1) is 31.6 Å². The van der Waals surface area contributed by atoms with Crippen LogP contribution in [0.2, 0.25) is 0 Å². The Bertz CT molecular complexity index is 195. The van der Waals surface area contributed by atoms with Gasteiger partial charge in [-0.1, -0.05) is 36.5 Å². The van der Waals surface area contributed by atoms with Gasteiger partial charge in [-0.25, -0.2) is 0 Å². The maximum Gasteiger partial charge on any atom is 0.0615 e. The number of allylic oxidation sites excluding steroid dienone is 5. The third kappa shape index (κ3) is 4.69. The van der Waals surface area contributed by atoms with Crippen LogP contribution >= 0.6 is 0 Å². The summed E-state index contributed by atoms with van der Waals surface area (Å²) in [6.45, 7) is 0.0942. The number of aliphatic hydroxyl groups excluding tert-OH is 1. The maximum atomic E-state index is 8.43. The maximum absolute atomic E-state index is 8.43. The summed E-state index contributed by atoms with van der Waals surface area (Å²) < 4.78 is 0. The molecule has 0 atom stereocenters. The molecule has 67 valence electrons. The predicted octanol–water partition coefficient (Wildman–Crippen LogP) is 2.05. The Morgan fingerprint density at radius 1 is 1.00 bits per heavy atom. The first kappa shape index (κ1) is 10.3. The van der Waals surface area contributed by atoms with E-state index >= 15 is 0 Å². The van der Waals surface area contributed by atoms with E-state index in [1.165, 1.54) is 5.92 Å². The zero-order valence-electron chi connectivity index (χ0n) is 7.43. The molecule has 0 unspecified atom stereocenters. The molecule has 13 heavy (non-hydrogen) atoms. The predicted molar refractivity (Wildman–Crippen MR) is 54.9 cm³/mol. The average molecular weight is 173 g/mol. The first-order chi connectivity index (χ1) is 6.43. The van der Waals surface area contributed by atoms with Gasteiger partial charge in [0, 0.05) is 5.92 Å². The van der Waals surface area contributed by atoms with E-state index in [1.807, 2.05) is 56.1 Å². The minimum Gasteiger partial charge on any atom is -0.392 e. The molecule has 1 nitrogen and oxygen atoms in total. The topological polar surface area (TPSA) is 20.2 Å². The van der Waals surface area contributed by atoms with Crippen molar-refractivity contribution in [3.8, 4) is 0 Å². The van der Waals surface area contributed by atoms with E-state index in [0.717, 1.165) is 0 Å².